The van der Waals surface area contributed by atoms with Gasteiger partial charge in [-0.25, -0.2) is 4.79 Å². The summed E-state index contributed by atoms with van der Waals surface area (Å²) in [7, 11) is 0. The average molecular weight is 211 g/mol. The van der Waals surface area contributed by atoms with Crippen molar-refractivity contribution in [2.45, 2.75) is 0 Å². The molecule has 5 nitrogen and oxygen atoms in total. The Balaban J connectivity index is 0. The van der Waals surface area contributed by atoms with Crippen molar-refractivity contribution in [3.63, 3.8) is 0 Å². The quantitative estimate of drug-likeness (QED) is 0.293. The van der Waals surface area contributed by atoms with Crippen molar-refractivity contribution < 1.29 is 19.4 Å². The van der Waals surface area contributed by atoms with Crippen molar-refractivity contribution in [3.05, 3.63) is 5.53 Å². The van der Waals surface area contributed by atoms with Crippen LogP contribution in [0.15, 0.2) is 0 Å². The van der Waals surface area contributed by atoms with Gasteiger partial charge in [-0.2, -0.15) is 4.79 Å². The molecule has 0 aromatic heterocycles. The van der Waals surface area contributed by atoms with Crippen LogP contribution in [-0.2, 0) is 9.53 Å². The predicted molar refractivity (Wildman–Crippen MR) is 38.1 cm³/mol. The lowest BCUT2D eigenvalue weighted by Gasteiger charge is -1.91. The van der Waals surface area contributed by atoms with E-state index in [4.69, 9.17) is 10.6 Å². The van der Waals surface area contributed by atoms with Crippen LogP contribution in [-0.4, -0.2) is 35.3 Å². The third-order valence-corrected chi connectivity index (χ3v) is 0.499. The average Bonchev–Trinajstić information content (AvgIpc) is 1.85. The maximum absolute atomic E-state index is 10.2. The van der Waals surface area contributed by atoms with E-state index in [1.165, 1.54) is 0 Å². The number of ether oxygens (including phenoxy) is 1. The van der Waals surface area contributed by atoms with Gasteiger partial charge in [0, 0.05) is 0 Å². The summed E-state index contributed by atoms with van der Waals surface area (Å²) in [6.45, 7) is -0.310. The second-order valence-corrected chi connectivity index (χ2v) is 1.14. The zero-order valence-corrected chi connectivity index (χ0v) is 6.77. The molecule has 0 rings (SSSR count). The van der Waals surface area contributed by atoms with Crippen molar-refractivity contribution in [2.24, 2.45) is 0 Å². The van der Waals surface area contributed by atoms with Crippen LogP contribution < -0.4 is 0 Å². The number of hydrogen-bond acceptors (Lipinski definition) is 3. The van der Waals surface area contributed by atoms with Gasteiger partial charge in [0.1, 0.15) is 6.61 Å². The van der Waals surface area contributed by atoms with Gasteiger partial charge in [-0.05, 0) is 0 Å². The van der Waals surface area contributed by atoms with Gasteiger partial charge in [0.15, 0.2) is 0 Å². The van der Waals surface area contributed by atoms with E-state index in [1.807, 2.05) is 0 Å². The maximum atomic E-state index is 10.2. The molecule has 0 amide bonds. The van der Waals surface area contributed by atoms with Crippen LogP contribution in [0.2, 0.25) is 0 Å². The van der Waals surface area contributed by atoms with Gasteiger partial charge in [0.25, 0.3) is 0 Å². The molecule has 0 saturated heterocycles. The van der Waals surface area contributed by atoms with Crippen LogP contribution in [0.3, 0.4) is 0 Å². The zero-order chi connectivity index (χ0) is 7.11. The van der Waals surface area contributed by atoms with Crippen molar-refractivity contribution in [3.8, 4) is 0 Å². The molecule has 0 aliphatic rings. The van der Waals surface area contributed by atoms with Crippen molar-refractivity contribution in [1.29, 1.82) is 0 Å². The molecule has 58 valence electrons. The molecule has 0 aromatic rings. The number of rotatable bonds is 3. The van der Waals surface area contributed by atoms with Crippen LogP contribution in [0.1, 0.15) is 0 Å². The lowest BCUT2D eigenvalue weighted by Crippen LogP contribution is -2.09. The molecule has 0 unspecified atom stereocenters. The van der Waals surface area contributed by atoms with Gasteiger partial charge in [-0.1, -0.05) is 0 Å². The first-order chi connectivity index (χ1) is 4.31. The standard InChI is InChI=1S/C4H6N2O3.BrH/c5-6-3-4(8)9-2-1-7;/h3,7H,1-2H2;1H. The van der Waals surface area contributed by atoms with Crippen molar-refractivity contribution in [2.75, 3.05) is 13.2 Å². The summed E-state index contributed by atoms with van der Waals surface area (Å²) in [5, 5.41) is 8.10. The van der Waals surface area contributed by atoms with E-state index in [-0.39, 0.29) is 30.2 Å². The van der Waals surface area contributed by atoms with E-state index in [1.54, 1.807) is 0 Å². The Hall–Kier alpha value is -0.710. The molecule has 0 aliphatic heterocycles. The number of esters is 1. The number of carbonyl (C=O) groups excluding carboxylic acids is 1. The molecule has 0 aromatic carbocycles. The maximum Gasteiger partial charge on any atom is 0.413 e. The summed E-state index contributed by atoms with van der Waals surface area (Å²) in [4.78, 5) is 12.6. The molecule has 0 atom stereocenters. The van der Waals surface area contributed by atoms with E-state index in [0.717, 1.165) is 0 Å². The molecule has 0 radical (unpaired) electrons. The molecule has 0 fully saturated rings. The fraction of sp³-hybridized carbons (Fsp3) is 0.500. The first-order valence-corrected chi connectivity index (χ1v) is 2.26. The van der Waals surface area contributed by atoms with E-state index < -0.39 is 5.97 Å². The highest BCUT2D eigenvalue weighted by atomic mass is 79.9. The zero-order valence-electron chi connectivity index (χ0n) is 5.06. The van der Waals surface area contributed by atoms with Crippen molar-refractivity contribution >= 4 is 29.2 Å². The largest absolute Gasteiger partial charge is 0.455 e. The second kappa shape index (κ2) is 8.29. The normalized spacial score (nSPS) is 6.90. The monoisotopic (exact) mass is 210 g/mol. The fourth-order valence-corrected chi connectivity index (χ4v) is 0.231. The van der Waals surface area contributed by atoms with Gasteiger partial charge in [0.05, 0.1) is 6.61 Å². The Bertz CT molecular complexity index is 143. The Labute approximate surface area is 68.0 Å². The number of hydrogen-bond donors (Lipinski definition) is 1. The molecule has 1 N–H and O–H groups in total. The molecular weight excluding hydrogens is 204 g/mol. The fourth-order valence-electron chi connectivity index (χ4n) is 0.231. The van der Waals surface area contributed by atoms with Gasteiger partial charge < -0.3 is 15.4 Å². The lowest BCUT2D eigenvalue weighted by atomic mass is 10.7. The van der Waals surface area contributed by atoms with E-state index >= 15 is 0 Å². The number of halogens is 1. The number of aliphatic hydroxyl groups is 1. The number of nitrogens with zero attached hydrogens (tertiary/aromatic N) is 2. The molecule has 0 aliphatic carbocycles. The summed E-state index contributed by atoms with van der Waals surface area (Å²) in [5.41, 5.74) is 7.74. The summed E-state index contributed by atoms with van der Waals surface area (Å²) in [5.74, 6) is -0.772. The van der Waals surface area contributed by atoms with Gasteiger partial charge in [-0.3, -0.25) is 0 Å². The molecule has 0 saturated carbocycles. The minimum Gasteiger partial charge on any atom is -0.455 e. The Morgan fingerprint density at radius 2 is 2.40 bits per heavy atom. The topological polar surface area (TPSA) is 82.9 Å². The summed E-state index contributed by atoms with van der Waals surface area (Å²) in [6.07, 6.45) is 0.607. The summed E-state index contributed by atoms with van der Waals surface area (Å²) >= 11 is 0. The molecule has 6 heteroatoms. The van der Waals surface area contributed by atoms with Crippen LogP contribution in [0, 0.1) is 0 Å². The van der Waals surface area contributed by atoms with Crippen LogP contribution in [0.4, 0.5) is 0 Å². The van der Waals surface area contributed by atoms with Crippen LogP contribution in [0.25, 0.3) is 5.53 Å². The minimum atomic E-state index is -0.772. The first-order valence-electron chi connectivity index (χ1n) is 2.26. The number of aliphatic hydroxyl groups excluding tert-OH is 1. The third kappa shape index (κ3) is 7.29. The first kappa shape index (κ1) is 12.0. The lowest BCUT2D eigenvalue weighted by molar-refractivity contribution is -0.139. The molecule has 0 spiro atoms. The highest BCUT2D eigenvalue weighted by Gasteiger charge is 1.99. The molecule has 0 heterocycles. The Morgan fingerprint density at radius 3 is 2.80 bits per heavy atom. The van der Waals surface area contributed by atoms with E-state index in [2.05, 4.69) is 9.53 Å². The highest BCUT2D eigenvalue weighted by molar-refractivity contribution is 8.93. The SMILES string of the molecule is Br.[N-]=[N+]=CC(=O)OCCO. The van der Waals surface area contributed by atoms with E-state index in [0.29, 0.717) is 6.21 Å². The van der Waals surface area contributed by atoms with Gasteiger partial charge in [0.2, 0.25) is 0 Å². The molecule has 0 bridgehead atoms. The third-order valence-electron chi connectivity index (χ3n) is 0.499. The van der Waals surface area contributed by atoms with Crippen molar-refractivity contribution in [1.82, 2.24) is 0 Å². The van der Waals surface area contributed by atoms with Crippen LogP contribution in [0.5, 0.6) is 0 Å². The summed E-state index contributed by atoms with van der Waals surface area (Å²) < 4.78 is 4.23. The molecule has 10 heavy (non-hydrogen) atoms. The van der Waals surface area contributed by atoms with E-state index in [9.17, 15) is 4.79 Å². The number of carbonyl (C=O) groups is 1. The Kier molecular flexibility index (Phi) is 9.96. The summed E-state index contributed by atoms with van der Waals surface area (Å²) in [6, 6.07) is 0. The van der Waals surface area contributed by atoms with Gasteiger partial charge >= 0.3 is 12.2 Å². The smallest absolute Gasteiger partial charge is 0.413 e. The predicted octanol–water partition coefficient (Wildman–Crippen LogP) is -0.600. The minimum absolute atomic E-state index is 0. The highest BCUT2D eigenvalue weighted by Crippen LogP contribution is 1.70. The Morgan fingerprint density at radius 1 is 1.80 bits per heavy atom. The van der Waals surface area contributed by atoms with Gasteiger partial charge in [-0.15, -0.1) is 17.0 Å². The molecular formula is C4H7BrN2O3. The van der Waals surface area contributed by atoms with Crippen LogP contribution >= 0.6 is 17.0 Å². The second-order valence-electron chi connectivity index (χ2n) is 1.14.